The molecule has 24 heavy (non-hydrogen) atoms. The van der Waals surface area contributed by atoms with Crippen molar-refractivity contribution in [3.63, 3.8) is 0 Å². The lowest BCUT2D eigenvalue weighted by Gasteiger charge is -2.13. The lowest BCUT2D eigenvalue weighted by Crippen LogP contribution is -2.21. The fourth-order valence-electron chi connectivity index (χ4n) is 2.45. The van der Waals surface area contributed by atoms with Gasteiger partial charge >= 0.3 is 0 Å². The molecule has 3 aromatic rings. The molecule has 1 heterocycles. The third-order valence-electron chi connectivity index (χ3n) is 3.63. The Morgan fingerprint density at radius 3 is 2.54 bits per heavy atom. The Balaban J connectivity index is 1.69. The van der Waals surface area contributed by atoms with Gasteiger partial charge < -0.3 is 5.32 Å². The van der Waals surface area contributed by atoms with E-state index in [4.69, 9.17) is 0 Å². The molecule has 0 aliphatic carbocycles. The van der Waals surface area contributed by atoms with Crippen molar-refractivity contribution in [2.24, 2.45) is 0 Å². The minimum atomic E-state index is -0.180. The van der Waals surface area contributed by atoms with Gasteiger partial charge in [-0.1, -0.05) is 62.4 Å². The second-order valence-electron chi connectivity index (χ2n) is 5.80. The first kappa shape index (κ1) is 15.9. The number of hydrogen-bond donors (Lipinski definition) is 1. The van der Waals surface area contributed by atoms with Crippen molar-refractivity contribution in [2.45, 2.75) is 26.3 Å². The van der Waals surface area contributed by atoms with Crippen molar-refractivity contribution in [2.75, 3.05) is 5.32 Å². The second kappa shape index (κ2) is 7.04. The van der Waals surface area contributed by atoms with Crippen molar-refractivity contribution in [3.8, 4) is 11.4 Å². The minimum absolute atomic E-state index is 0.0201. The van der Waals surface area contributed by atoms with Crippen LogP contribution in [0.1, 0.15) is 25.3 Å². The summed E-state index contributed by atoms with van der Waals surface area (Å²) in [6.07, 6.45) is 0. The maximum absolute atomic E-state index is 12.3. The van der Waals surface area contributed by atoms with E-state index in [1.165, 1.54) is 4.80 Å². The number of carbonyl (C=O) groups is 1. The van der Waals surface area contributed by atoms with Crippen LogP contribution >= 0.6 is 0 Å². The highest BCUT2D eigenvalue weighted by Gasteiger charge is 2.12. The van der Waals surface area contributed by atoms with Gasteiger partial charge in [-0.05, 0) is 22.8 Å². The molecule has 0 unspecified atom stereocenters. The SMILES string of the molecule is CC(C)c1ccccc1NC(=O)Cn1nnc(-c2ccccc2)n1. The molecule has 0 aliphatic rings. The van der Waals surface area contributed by atoms with Crippen LogP contribution in [0.5, 0.6) is 0 Å². The van der Waals surface area contributed by atoms with E-state index in [9.17, 15) is 4.79 Å². The highest BCUT2D eigenvalue weighted by Crippen LogP contribution is 2.23. The fourth-order valence-corrected chi connectivity index (χ4v) is 2.45. The maximum Gasteiger partial charge on any atom is 0.248 e. The van der Waals surface area contributed by atoms with Crippen molar-refractivity contribution >= 4 is 11.6 Å². The molecule has 0 bridgehead atoms. The predicted octanol–water partition coefficient (Wildman–Crippen LogP) is 3.10. The number of benzene rings is 2. The minimum Gasteiger partial charge on any atom is -0.324 e. The molecule has 2 aromatic carbocycles. The highest BCUT2D eigenvalue weighted by atomic mass is 16.2. The number of rotatable bonds is 5. The Labute approximate surface area is 140 Å². The van der Waals surface area contributed by atoms with Crippen LogP contribution in [0.4, 0.5) is 5.69 Å². The van der Waals surface area contributed by atoms with Gasteiger partial charge in [0.1, 0.15) is 6.54 Å². The van der Waals surface area contributed by atoms with Gasteiger partial charge in [0.25, 0.3) is 0 Å². The molecule has 1 aromatic heterocycles. The van der Waals surface area contributed by atoms with Gasteiger partial charge in [-0.3, -0.25) is 4.79 Å². The van der Waals surface area contributed by atoms with Crippen LogP contribution in [0.25, 0.3) is 11.4 Å². The first-order valence-electron chi connectivity index (χ1n) is 7.85. The van der Waals surface area contributed by atoms with E-state index in [1.54, 1.807) is 0 Å². The molecule has 0 saturated heterocycles. The zero-order valence-electron chi connectivity index (χ0n) is 13.7. The average Bonchev–Trinajstić information content (AvgIpc) is 3.04. The number of nitrogens with one attached hydrogen (secondary N) is 1. The monoisotopic (exact) mass is 321 g/mol. The van der Waals surface area contributed by atoms with Gasteiger partial charge in [0.15, 0.2) is 0 Å². The summed E-state index contributed by atoms with van der Waals surface area (Å²) < 4.78 is 0. The number of tetrazole rings is 1. The molecule has 3 rings (SSSR count). The summed E-state index contributed by atoms with van der Waals surface area (Å²) in [7, 11) is 0. The second-order valence-corrected chi connectivity index (χ2v) is 5.80. The Hall–Kier alpha value is -3.02. The lowest BCUT2D eigenvalue weighted by atomic mass is 10.0. The molecule has 0 radical (unpaired) electrons. The third kappa shape index (κ3) is 3.65. The van der Waals surface area contributed by atoms with Gasteiger partial charge in [-0.25, -0.2) is 0 Å². The Kier molecular flexibility index (Phi) is 4.65. The first-order chi connectivity index (χ1) is 11.6. The third-order valence-corrected chi connectivity index (χ3v) is 3.63. The topological polar surface area (TPSA) is 72.7 Å². The van der Waals surface area contributed by atoms with E-state index in [2.05, 4.69) is 34.6 Å². The number of anilines is 1. The van der Waals surface area contributed by atoms with Gasteiger partial charge in [0.05, 0.1) is 0 Å². The van der Waals surface area contributed by atoms with Crippen LogP contribution in [-0.4, -0.2) is 26.1 Å². The van der Waals surface area contributed by atoms with Crippen LogP contribution < -0.4 is 5.32 Å². The quantitative estimate of drug-likeness (QED) is 0.783. The van der Waals surface area contributed by atoms with Gasteiger partial charge in [-0.2, -0.15) is 4.80 Å². The number of aromatic nitrogens is 4. The first-order valence-corrected chi connectivity index (χ1v) is 7.85. The predicted molar refractivity (Wildman–Crippen MR) is 92.4 cm³/mol. The molecule has 0 atom stereocenters. The van der Waals surface area contributed by atoms with Crippen molar-refractivity contribution < 1.29 is 4.79 Å². The molecule has 1 amide bonds. The molecule has 1 N–H and O–H groups in total. The molecular formula is C18H19N5O. The molecule has 0 spiro atoms. The molecule has 0 aliphatic heterocycles. The number of carbonyl (C=O) groups excluding carboxylic acids is 1. The van der Waals surface area contributed by atoms with E-state index in [0.717, 1.165) is 16.8 Å². The largest absolute Gasteiger partial charge is 0.324 e. The standard InChI is InChI=1S/C18H19N5O/c1-13(2)15-10-6-7-11-16(15)19-17(24)12-23-21-18(20-22-23)14-8-4-3-5-9-14/h3-11,13H,12H2,1-2H3,(H,19,24). The van der Waals surface area contributed by atoms with Crippen molar-refractivity contribution in [1.82, 2.24) is 20.2 Å². The highest BCUT2D eigenvalue weighted by molar-refractivity contribution is 5.91. The van der Waals surface area contributed by atoms with Gasteiger partial charge in [-0.15, -0.1) is 10.2 Å². The van der Waals surface area contributed by atoms with Crippen LogP contribution in [0.2, 0.25) is 0 Å². The van der Waals surface area contributed by atoms with Crippen LogP contribution in [-0.2, 0) is 11.3 Å². The number of hydrogen-bond acceptors (Lipinski definition) is 4. The smallest absolute Gasteiger partial charge is 0.248 e. The number of para-hydroxylation sites is 1. The summed E-state index contributed by atoms with van der Waals surface area (Å²) >= 11 is 0. The average molecular weight is 321 g/mol. The van der Waals surface area contributed by atoms with Crippen molar-refractivity contribution in [1.29, 1.82) is 0 Å². The number of nitrogens with zero attached hydrogens (tertiary/aromatic N) is 4. The van der Waals surface area contributed by atoms with E-state index in [0.29, 0.717) is 11.7 Å². The van der Waals surface area contributed by atoms with E-state index in [-0.39, 0.29) is 12.5 Å². The molecule has 6 nitrogen and oxygen atoms in total. The summed E-state index contributed by atoms with van der Waals surface area (Å²) in [5, 5.41) is 15.1. The van der Waals surface area contributed by atoms with Crippen LogP contribution in [0.3, 0.4) is 0 Å². The van der Waals surface area contributed by atoms with E-state index < -0.39 is 0 Å². The molecule has 0 saturated carbocycles. The fraction of sp³-hybridized carbons (Fsp3) is 0.222. The zero-order valence-corrected chi connectivity index (χ0v) is 13.7. The Morgan fingerprint density at radius 2 is 1.79 bits per heavy atom. The summed E-state index contributed by atoms with van der Waals surface area (Å²) in [4.78, 5) is 13.6. The summed E-state index contributed by atoms with van der Waals surface area (Å²) in [6.45, 7) is 4.21. The summed E-state index contributed by atoms with van der Waals surface area (Å²) in [5.74, 6) is 0.654. The van der Waals surface area contributed by atoms with Crippen LogP contribution in [0.15, 0.2) is 54.6 Å². The van der Waals surface area contributed by atoms with E-state index >= 15 is 0 Å². The molecule has 122 valence electrons. The Morgan fingerprint density at radius 1 is 1.08 bits per heavy atom. The summed E-state index contributed by atoms with van der Waals surface area (Å²) in [6, 6.07) is 17.3. The van der Waals surface area contributed by atoms with Gasteiger partial charge in [0, 0.05) is 11.3 Å². The normalized spacial score (nSPS) is 10.8. The van der Waals surface area contributed by atoms with Gasteiger partial charge in [0.2, 0.25) is 11.7 Å². The molecular weight excluding hydrogens is 302 g/mol. The van der Waals surface area contributed by atoms with Crippen molar-refractivity contribution in [3.05, 3.63) is 60.2 Å². The molecule has 0 fully saturated rings. The summed E-state index contributed by atoms with van der Waals surface area (Å²) in [5.41, 5.74) is 2.79. The zero-order chi connectivity index (χ0) is 16.9. The number of amides is 1. The Bertz CT molecular complexity index is 826. The van der Waals surface area contributed by atoms with E-state index in [1.807, 2.05) is 54.6 Å². The lowest BCUT2D eigenvalue weighted by molar-refractivity contribution is -0.117. The molecule has 6 heteroatoms. The van der Waals surface area contributed by atoms with Crippen LogP contribution in [0, 0.1) is 0 Å². The maximum atomic E-state index is 12.3.